The van der Waals surface area contributed by atoms with E-state index in [0.29, 0.717) is 12.5 Å². The molecule has 2 aromatic rings. The van der Waals surface area contributed by atoms with Crippen molar-refractivity contribution in [2.24, 2.45) is 4.99 Å². The number of nitrogens with zero attached hydrogens (tertiary/aromatic N) is 3. The molecule has 0 spiro atoms. The number of benzene rings is 1. The number of piperidine rings is 1. The molecular weight excluding hydrogens is 493 g/mol. The van der Waals surface area contributed by atoms with Crippen molar-refractivity contribution in [1.82, 2.24) is 20.5 Å². The number of aliphatic imine (C=N–C) groups is 1. The van der Waals surface area contributed by atoms with Crippen LogP contribution in [0.4, 0.5) is 0 Å². The maximum atomic E-state index is 4.66. The predicted octanol–water partition coefficient (Wildman–Crippen LogP) is 4.74. The molecule has 0 bridgehead atoms. The van der Waals surface area contributed by atoms with Crippen molar-refractivity contribution in [2.75, 3.05) is 20.1 Å². The van der Waals surface area contributed by atoms with Crippen molar-refractivity contribution in [3.8, 4) is 0 Å². The highest BCUT2D eigenvalue weighted by molar-refractivity contribution is 14.0. The molecule has 1 aliphatic heterocycles. The van der Waals surface area contributed by atoms with Gasteiger partial charge in [0.05, 0.1) is 12.2 Å². The number of aromatic nitrogens is 1. The molecule has 2 heterocycles. The Morgan fingerprint density at radius 1 is 1.07 bits per heavy atom. The summed E-state index contributed by atoms with van der Waals surface area (Å²) in [6.07, 6.45) is 4.07. The van der Waals surface area contributed by atoms with E-state index in [-0.39, 0.29) is 24.0 Å². The van der Waals surface area contributed by atoms with E-state index in [2.05, 4.69) is 69.0 Å². The highest BCUT2D eigenvalue weighted by Crippen LogP contribution is 2.17. The summed E-state index contributed by atoms with van der Waals surface area (Å²) in [4.78, 5) is 11.5. The first kappa shape index (κ1) is 24.1. The number of rotatable bonds is 7. The first-order valence-electron chi connectivity index (χ1n) is 10.3. The molecule has 1 saturated heterocycles. The molecule has 5 nitrogen and oxygen atoms in total. The first-order valence-corrected chi connectivity index (χ1v) is 11.2. The SMILES string of the molecule is CN=C(NCc1ccc(CN2CCCCC2)cc1)NCc1nc(C(C)C)cs1.I. The molecule has 1 aliphatic rings. The van der Waals surface area contributed by atoms with E-state index >= 15 is 0 Å². The lowest BCUT2D eigenvalue weighted by atomic mass is 10.1. The van der Waals surface area contributed by atoms with Gasteiger partial charge in [0, 0.05) is 25.5 Å². The lowest BCUT2D eigenvalue weighted by Crippen LogP contribution is -2.36. The van der Waals surface area contributed by atoms with Crippen molar-refractivity contribution in [3.63, 3.8) is 0 Å². The van der Waals surface area contributed by atoms with Crippen LogP contribution in [-0.2, 0) is 19.6 Å². The molecule has 0 aliphatic carbocycles. The van der Waals surface area contributed by atoms with Gasteiger partial charge < -0.3 is 10.6 Å². The Labute approximate surface area is 196 Å². The van der Waals surface area contributed by atoms with Crippen molar-refractivity contribution in [3.05, 3.63) is 51.5 Å². The Hall–Kier alpha value is -1.19. The quantitative estimate of drug-likeness (QED) is 0.311. The van der Waals surface area contributed by atoms with Crippen LogP contribution in [0.5, 0.6) is 0 Å². The summed E-state index contributed by atoms with van der Waals surface area (Å²) in [5.74, 6) is 1.28. The van der Waals surface area contributed by atoms with Crippen molar-refractivity contribution in [2.45, 2.75) is 58.7 Å². The van der Waals surface area contributed by atoms with Gasteiger partial charge >= 0.3 is 0 Å². The normalized spacial score (nSPS) is 15.2. The van der Waals surface area contributed by atoms with Gasteiger partial charge in [0.25, 0.3) is 0 Å². The second kappa shape index (κ2) is 12.5. The Bertz CT molecular complexity index is 751. The molecular formula is C22H34IN5S. The number of hydrogen-bond donors (Lipinski definition) is 2. The van der Waals surface area contributed by atoms with Crippen LogP contribution in [0.1, 0.15) is 60.9 Å². The average Bonchev–Trinajstić information content (AvgIpc) is 3.19. The van der Waals surface area contributed by atoms with Crippen LogP contribution in [0.15, 0.2) is 34.6 Å². The number of likely N-dealkylation sites (tertiary alicyclic amines) is 1. The molecule has 1 aromatic carbocycles. The largest absolute Gasteiger partial charge is 0.352 e. The smallest absolute Gasteiger partial charge is 0.191 e. The zero-order chi connectivity index (χ0) is 19.8. The minimum Gasteiger partial charge on any atom is -0.352 e. The lowest BCUT2D eigenvalue weighted by Gasteiger charge is -2.26. The average molecular weight is 528 g/mol. The van der Waals surface area contributed by atoms with Gasteiger partial charge in [-0.3, -0.25) is 9.89 Å². The highest BCUT2D eigenvalue weighted by Gasteiger charge is 2.10. The van der Waals surface area contributed by atoms with E-state index < -0.39 is 0 Å². The molecule has 0 unspecified atom stereocenters. The monoisotopic (exact) mass is 527 g/mol. The molecule has 0 saturated carbocycles. The predicted molar refractivity (Wildman–Crippen MR) is 134 cm³/mol. The van der Waals surface area contributed by atoms with Gasteiger partial charge in [0.15, 0.2) is 5.96 Å². The molecule has 0 amide bonds. The summed E-state index contributed by atoms with van der Waals surface area (Å²) in [5.41, 5.74) is 3.83. The highest BCUT2D eigenvalue weighted by atomic mass is 127. The summed E-state index contributed by atoms with van der Waals surface area (Å²) in [7, 11) is 1.80. The van der Waals surface area contributed by atoms with E-state index in [1.165, 1.54) is 43.5 Å². The number of thiazole rings is 1. The van der Waals surface area contributed by atoms with Gasteiger partial charge in [-0.1, -0.05) is 44.5 Å². The molecule has 160 valence electrons. The Morgan fingerprint density at radius 3 is 2.34 bits per heavy atom. The Balaban J connectivity index is 0.00000300. The summed E-state index contributed by atoms with van der Waals surface area (Å²) < 4.78 is 0. The zero-order valence-electron chi connectivity index (χ0n) is 17.8. The van der Waals surface area contributed by atoms with E-state index in [4.69, 9.17) is 0 Å². The second-order valence-electron chi connectivity index (χ2n) is 7.75. The summed E-state index contributed by atoms with van der Waals surface area (Å²) in [6, 6.07) is 8.94. The van der Waals surface area contributed by atoms with Gasteiger partial charge in [-0.2, -0.15) is 0 Å². The third kappa shape index (κ3) is 7.86. The van der Waals surface area contributed by atoms with E-state index in [1.54, 1.807) is 18.4 Å². The summed E-state index contributed by atoms with van der Waals surface area (Å²) in [6.45, 7) is 9.36. The van der Waals surface area contributed by atoms with Crippen LogP contribution >= 0.6 is 35.3 Å². The molecule has 7 heteroatoms. The van der Waals surface area contributed by atoms with Gasteiger partial charge in [0.2, 0.25) is 0 Å². The van der Waals surface area contributed by atoms with E-state index in [9.17, 15) is 0 Å². The maximum absolute atomic E-state index is 4.66. The molecule has 29 heavy (non-hydrogen) atoms. The van der Waals surface area contributed by atoms with Gasteiger partial charge in [0.1, 0.15) is 5.01 Å². The van der Waals surface area contributed by atoms with Gasteiger partial charge in [-0.15, -0.1) is 35.3 Å². The lowest BCUT2D eigenvalue weighted by molar-refractivity contribution is 0.221. The number of nitrogens with one attached hydrogen (secondary N) is 2. The Kier molecular flexibility index (Phi) is 10.4. The minimum absolute atomic E-state index is 0. The van der Waals surface area contributed by atoms with Crippen LogP contribution < -0.4 is 10.6 Å². The molecule has 0 radical (unpaired) electrons. The van der Waals surface area contributed by atoms with Crippen molar-refractivity contribution in [1.29, 1.82) is 0 Å². The zero-order valence-corrected chi connectivity index (χ0v) is 20.9. The third-order valence-electron chi connectivity index (χ3n) is 5.13. The molecule has 0 atom stereocenters. The van der Waals surface area contributed by atoms with Crippen molar-refractivity contribution >= 4 is 41.3 Å². The van der Waals surface area contributed by atoms with Gasteiger partial charge in [-0.25, -0.2) is 4.98 Å². The fourth-order valence-electron chi connectivity index (χ4n) is 3.38. The third-order valence-corrected chi connectivity index (χ3v) is 6.00. The summed E-state index contributed by atoms with van der Waals surface area (Å²) >= 11 is 1.70. The summed E-state index contributed by atoms with van der Waals surface area (Å²) in [5, 5.41) is 9.98. The van der Waals surface area contributed by atoms with Gasteiger partial charge in [-0.05, 0) is 43.0 Å². The standard InChI is InChI=1S/C22H33N5S.HI/c1-17(2)20-16-28-21(26-20)14-25-22(23-3)24-13-18-7-9-19(10-8-18)15-27-11-5-4-6-12-27;/h7-10,16-17H,4-6,11-15H2,1-3H3,(H2,23,24,25);1H. The maximum Gasteiger partial charge on any atom is 0.191 e. The number of hydrogen-bond acceptors (Lipinski definition) is 4. The fourth-order valence-corrected chi connectivity index (χ4v) is 4.27. The topological polar surface area (TPSA) is 52.6 Å². The van der Waals surface area contributed by atoms with Crippen LogP contribution in [0, 0.1) is 0 Å². The number of guanidine groups is 1. The molecule has 3 rings (SSSR count). The second-order valence-corrected chi connectivity index (χ2v) is 8.70. The molecule has 1 fully saturated rings. The number of halogens is 1. The fraction of sp³-hybridized carbons (Fsp3) is 0.545. The van der Waals surface area contributed by atoms with E-state index in [0.717, 1.165) is 29.8 Å². The first-order chi connectivity index (χ1) is 13.6. The van der Waals surface area contributed by atoms with Crippen LogP contribution in [-0.4, -0.2) is 36.0 Å². The van der Waals surface area contributed by atoms with Crippen LogP contribution in [0.25, 0.3) is 0 Å². The minimum atomic E-state index is 0. The van der Waals surface area contributed by atoms with Crippen LogP contribution in [0.2, 0.25) is 0 Å². The molecule has 1 aromatic heterocycles. The molecule has 2 N–H and O–H groups in total. The van der Waals surface area contributed by atoms with Crippen molar-refractivity contribution < 1.29 is 0 Å². The van der Waals surface area contributed by atoms with Crippen LogP contribution in [0.3, 0.4) is 0 Å². The Morgan fingerprint density at radius 2 is 1.72 bits per heavy atom. The van der Waals surface area contributed by atoms with E-state index in [1.807, 2.05) is 0 Å².